The Labute approximate surface area is 175 Å². The second-order valence-electron chi connectivity index (χ2n) is 8.36. The Hall–Kier alpha value is -2.40. The lowest BCUT2D eigenvalue weighted by Crippen LogP contribution is -2.43. The molecule has 5 heteroatoms. The molecule has 0 N–H and O–H groups in total. The molecule has 0 aromatic carbocycles. The van der Waals surface area contributed by atoms with Crippen molar-refractivity contribution in [1.82, 2.24) is 14.5 Å². The van der Waals surface area contributed by atoms with Gasteiger partial charge < -0.3 is 9.47 Å². The number of rotatable bonds is 5. The largest absolute Gasteiger partial charge is 0.342 e. The molecule has 1 fully saturated rings. The van der Waals surface area contributed by atoms with Crippen molar-refractivity contribution in [2.45, 2.75) is 45.1 Å². The Morgan fingerprint density at radius 2 is 2.28 bits per heavy atom. The van der Waals surface area contributed by atoms with Gasteiger partial charge in [0.15, 0.2) is 0 Å². The maximum Gasteiger partial charge on any atom is 0.222 e. The van der Waals surface area contributed by atoms with Gasteiger partial charge in [-0.2, -0.15) is 0 Å². The highest BCUT2D eigenvalue weighted by atomic mass is 32.1. The van der Waals surface area contributed by atoms with E-state index in [1.165, 1.54) is 27.0 Å². The zero-order valence-corrected chi connectivity index (χ0v) is 17.7. The number of thiophene rings is 1. The highest BCUT2D eigenvalue weighted by molar-refractivity contribution is 7.09. The van der Waals surface area contributed by atoms with Gasteiger partial charge in [-0.1, -0.05) is 25.1 Å². The summed E-state index contributed by atoms with van der Waals surface area (Å²) in [6.07, 6.45) is 13.2. The minimum Gasteiger partial charge on any atom is -0.342 e. The molecule has 1 saturated heterocycles. The molecule has 2 atom stereocenters. The van der Waals surface area contributed by atoms with Gasteiger partial charge in [-0.05, 0) is 42.7 Å². The van der Waals surface area contributed by atoms with Crippen molar-refractivity contribution in [3.63, 3.8) is 0 Å². The average molecular weight is 406 g/mol. The number of likely N-dealkylation sites (tertiary alicyclic amines) is 1. The van der Waals surface area contributed by atoms with Crippen LogP contribution in [0.3, 0.4) is 0 Å². The van der Waals surface area contributed by atoms with Crippen molar-refractivity contribution in [2.24, 2.45) is 5.92 Å². The lowest BCUT2D eigenvalue weighted by molar-refractivity contribution is -0.133. The van der Waals surface area contributed by atoms with Gasteiger partial charge in [-0.15, -0.1) is 11.3 Å². The van der Waals surface area contributed by atoms with E-state index >= 15 is 0 Å². The maximum absolute atomic E-state index is 12.9. The molecule has 1 aliphatic heterocycles. The van der Waals surface area contributed by atoms with Crippen molar-refractivity contribution in [3.8, 4) is 0 Å². The molecule has 3 aromatic heterocycles. The number of hydrogen-bond donors (Lipinski definition) is 0. The summed E-state index contributed by atoms with van der Waals surface area (Å²) in [4.78, 5) is 21.0. The van der Waals surface area contributed by atoms with E-state index in [-0.39, 0.29) is 0 Å². The number of pyridine rings is 1. The van der Waals surface area contributed by atoms with Crippen molar-refractivity contribution < 1.29 is 4.79 Å². The third-order valence-electron chi connectivity index (χ3n) is 6.49. The van der Waals surface area contributed by atoms with E-state index in [0.717, 1.165) is 38.8 Å². The lowest BCUT2D eigenvalue weighted by Gasteiger charge is -2.38. The molecule has 4 heterocycles. The summed E-state index contributed by atoms with van der Waals surface area (Å²) < 4.78 is 2.42. The van der Waals surface area contributed by atoms with Crippen molar-refractivity contribution >= 4 is 34.2 Å². The molecule has 0 bridgehead atoms. The smallest absolute Gasteiger partial charge is 0.222 e. The van der Waals surface area contributed by atoms with Crippen LogP contribution in [-0.2, 0) is 17.6 Å². The molecule has 0 spiro atoms. The zero-order chi connectivity index (χ0) is 19.8. The monoisotopic (exact) mass is 405 g/mol. The van der Waals surface area contributed by atoms with Crippen LogP contribution < -0.4 is 0 Å². The first-order valence-corrected chi connectivity index (χ1v) is 11.5. The second kappa shape index (κ2) is 7.79. The molecule has 0 radical (unpaired) electrons. The molecule has 4 nitrogen and oxygen atoms in total. The Morgan fingerprint density at radius 1 is 1.34 bits per heavy atom. The molecular weight excluding hydrogens is 378 g/mol. The van der Waals surface area contributed by atoms with E-state index < -0.39 is 0 Å². The van der Waals surface area contributed by atoms with Gasteiger partial charge in [0.25, 0.3) is 0 Å². The Bertz CT molecular complexity index is 1050. The quantitative estimate of drug-likeness (QED) is 0.592. The number of carbonyl (C=O) groups is 1. The molecule has 150 valence electrons. The fourth-order valence-corrected chi connectivity index (χ4v) is 5.53. The fraction of sp³-hybridized carbons (Fsp3) is 0.417. The summed E-state index contributed by atoms with van der Waals surface area (Å²) in [6, 6.07) is 6.74. The van der Waals surface area contributed by atoms with E-state index in [1.807, 2.05) is 6.20 Å². The predicted octanol–water partition coefficient (Wildman–Crippen LogP) is 5.10. The molecule has 1 aliphatic carbocycles. The van der Waals surface area contributed by atoms with Crippen LogP contribution in [-0.4, -0.2) is 33.4 Å². The number of nitrogens with zero attached hydrogens (tertiary/aromatic N) is 3. The zero-order valence-electron chi connectivity index (χ0n) is 16.9. The number of carbonyl (C=O) groups excluding carboxylic acids is 1. The molecule has 0 unspecified atom stereocenters. The van der Waals surface area contributed by atoms with Crippen LogP contribution in [0.25, 0.3) is 17.0 Å². The van der Waals surface area contributed by atoms with E-state index in [1.54, 1.807) is 11.3 Å². The van der Waals surface area contributed by atoms with Crippen LogP contribution in [0.2, 0.25) is 0 Å². The molecule has 5 rings (SSSR count). The van der Waals surface area contributed by atoms with Crippen LogP contribution in [0.15, 0.2) is 42.0 Å². The number of fused-ring (bicyclic) bond motifs is 3. The van der Waals surface area contributed by atoms with Crippen LogP contribution in [0.5, 0.6) is 0 Å². The van der Waals surface area contributed by atoms with Crippen LogP contribution in [0.1, 0.15) is 48.4 Å². The van der Waals surface area contributed by atoms with Crippen LogP contribution in [0.4, 0.5) is 0 Å². The number of allylic oxidation sites excluding steroid dienone is 1. The van der Waals surface area contributed by atoms with Gasteiger partial charge in [0.2, 0.25) is 5.91 Å². The maximum atomic E-state index is 12.9. The average Bonchev–Trinajstić information content (AvgIpc) is 3.47. The van der Waals surface area contributed by atoms with Gasteiger partial charge >= 0.3 is 0 Å². The van der Waals surface area contributed by atoms with Crippen LogP contribution in [0, 0.1) is 5.92 Å². The molecule has 2 aliphatic rings. The summed E-state index contributed by atoms with van der Waals surface area (Å²) in [5, 5.41) is 3.30. The van der Waals surface area contributed by atoms with Gasteiger partial charge in [0.05, 0.1) is 17.3 Å². The lowest BCUT2D eigenvalue weighted by atomic mass is 9.92. The first kappa shape index (κ1) is 18.6. The number of amides is 1. The van der Waals surface area contributed by atoms with Gasteiger partial charge in [0, 0.05) is 54.2 Å². The van der Waals surface area contributed by atoms with Crippen LogP contribution >= 0.6 is 11.3 Å². The van der Waals surface area contributed by atoms with Crippen molar-refractivity contribution in [2.75, 3.05) is 13.1 Å². The molecular formula is C24H27N3OS. The molecule has 1 amide bonds. The number of aromatic nitrogens is 2. The Morgan fingerprint density at radius 3 is 3.14 bits per heavy atom. The van der Waals surface area contributed by atoms with E-state index in [2.05, 4.69) is 63.3 Å². The van der Waals surface area contributed by atoms with E-state index in [9.17, 15) is 4.79 Å². The molecule has 29 heavy (non-hydrogen) atoms. The van der Waals surface area contributed by atoms with E-state index in [4.69, 9.17) is 0 Å². The summed E-state index contributed by atoms with van der Waals surface area (Å²) in [5.74, 6) is 0.858. The normalized spacial score (nSPS) is 21.1. The van der Waals surface area contributed by atoms with E-state index in [0.29, 0.717) is 24.3 Å². The Balaban J connectivity index is 1.33. The standard InChI is InChI=1S/C24H27N3OS/c1-17-10-12-26(23(28)9-2-5-19-6-4-14-29-19)16-22(17)27-13-11-18-15-25-21-8-3-7-20(21)24(18)27/h3-4,6-7,11,13-15,17,22H,2,5,8-10,12,16H2,1H3/t17-,22+/m1/s1. The molecule has 3 aromatic rings. The van der Waals surface area contributed by atoms with Gasteiger partial charge in [-0.25, -0.2) is 0 Å². The third kappa shape index (κ3) is 3.52. The number of piperidine rings is 1. The minimum absolute atomic E-state index is 0.307. The number of aryl methyl sites for hydroxylation is 1. The first-order chi connectivity index (χ1) is 14.2. The highest BCUT2D eigenvalue weighted by Crippen LogP contribution is 2.35. The SMILES string of the molecule is C[C@@H]1CCN(C(=O)CCCc2cccs2)C[C@@H]1n1ccc2cnc3c(c21)C=CC3. The third-order valence-corrected chi connectivity index (χ3v) is 7.43. The summed E-state index contributed by atoms with van der Waals surface area (Å²) in [6.45, 7) is 4.02. The summed E-state index contributed by atoms with van der Waals surface area (Å²) in [5.41, 5.74) is 3.72. The second-order valence-corrected chi connectivity index (χ2v) is 9.39. The predicted molar refractivity (Wildman–Crippen MR) is 119 cm³/mol. The molecule has 0 saturated carbocycles. The first-order valence-electron chi connectivity index (χ1n) is 10.7. The topological polar surface area (TPSA) is 38.1 Å². The highest BCUT2D eigenvalue weighted by Gasteiger charge is 2.31. The van der Waals surface area contributed by atoms with Crippen molar-refractivity contribution in [3.05, 3.63) is 58.2 Å². The Kier molecular flexibility index (Phi) is 5.00. The fourth-order valence-electron chi connectivity index (χ4n) is 4.78. The summed E-state index contributed by atoms with van der Waals surface area (Å²) >= 11 is 1.78. The van der Waals surface area contributed by atoms with Crippen molar-refractivity contribution in [1.29, 1.82) is 0 Å². The number of hydrogen-bond acceptors (Lipinski definition) is 3. The summed E-state index contributed by atoms with van der Waals surface area (Å²) in [7, 11) is 0. The van der Waals surface area contributed by atoms with Gasteiger partial charge in [-0.3, -0.25) is 9.78 Å². The van der Waals surface area contributed by atoms with Gasteiger partial charge in [0.1, 0.15) is 0 Å². The minimum atomic E-state index is 0.307.